The topological polar surface area (TPSA) is 74.2 Å². The first-order valence-corrected chi connectivity index (χ1v) is 9.24. The summed E-state index contributed by atoms with van der Waals surface area (Å²) in [5.41, 5.74) is 2.65. The van der Waals surface area contributed by atoms with Crippen molar-refractivity contribution in [1.29, 1.82) is 5.26 Å². The number of aromatic nitrogens is 1. The van der Waals surface area contributed by atoms with Crippen LogP contribution in [0.4, 0.5) is 10.2 Å². The first kappa shape index (κ1) is 20.4. The number of carbonyl (C=O) groups is 1. The molecule has 7 heteroatoms. The number of anilines is 1. The SMILES string of the molecule is Cc1c(C#N)c(NC(=O)CN(C)Cc2ccccc2F)n(Cc2ccco2)c1C. The Kier molecular flexibility index (Phi) is 6.15. The van der Waals surface area contributed by atoms with Crippen molar-refractivity contribution in [2.45, 2.75) is 26.9 Å². The van der Waals surface area contributed by atoms with Crippen LogP contribution in [0.15, 0.2) is 47.1 Å². The van der Waals surface area contributed by atoms with E-state index < -0.39 is 0 Å². The summed E-state index contributed by atoms with van der Waals surface area (Å²) in [5.74, 6) is 0.589. The molecule has 1 N–H and O–H groups in total. The van der Waals surface area contributed by atoms with Crippen molar-refractivity contribution in [3.05, 3.63) is 76.6 Å². The smallest absolute Gasteiger partial charge is 0.239 e. The lowest BCUT2D eigenvalue weighted by Gasteiger charge is -2.18. The first-order valence-electron chi connectivity index (χ1n) is 9.24. The monoisotopic (exact) mass is 394 g/mol. The van der Waals surface area contributed by atoms with E-state index in [9.17, 15) is 14.4 Å². The van der Waals surface area contributed by atoms with E-state index in [1.807, 2.05) is 24.5 Å². The normalized spacial score (nSPS) is 10.9. The highest BCUT2D eigenvalue weighted by molar-refractivity contribution is 5.93. The molecule has 3 aromatic rings. The molecule has 2 aromatic heterocycles. The molecule has 0 unspecified atom stereocenters. The summed E-state index contributed by atoms with van der Waals surface area (Å²) in [6, 6.07) is 12.3. The summed E-state index contributed by atoms with van der Waals surface area (Å²) in [5, 5.41) is 12.5. The molecule has 29 heavy (non-hydrogen) atoms. The summed E-state index contributed by atoms with van der Waals surface area (Å²) in [4.78, 5) is 14.4. The molecule has 0 spiro atoms. The molecule has 150 valence electrons. The zero-order chi connectivity index (χ0) is 21.0. The lowest BCUT2D eigenvalue weighted by molar-refractivity contribution is -0.117. The van der Waals surface area contributed by atoms with Gasteiger partial charge in [0.1, 0.15) is 23.5 Å². The molecule has 2 heterocycles. The highest BCUT2D eigenvalue weighted by Gasteiger charge is 2.21. The van der Waals surface area contributed by atoms with Gasteiger partial charge in [0.25, 0.3) is 0 Å². The van der Waals surface area contributed by atoms with Crippen molar-refractivity contribution in [1.82, 2.24) is 9.47 Å². The van der Waals surface area contributed by atoms with E-state index in [1.165, 1.54) is 6.07 Å². The lowest BCUT2D eigenvalue weighted by Crippen LogP contribution is -2.31. The maximum atomic E-state index is 13.8. The van der Waals surface area contributed by atoms with Crippen molar-refractivity contribution < 1.29 is 13.6 Å². The standard InChI is InChI=1S/C22H23FN4O2/c1-15-16(2)27(13-18-8-6-10-29-18)22(19(15)11-24)25-21(28)14-26(3)12-17-7-4-5-9-20(17)23/h4-10H,12-14H2,1-3H3,(H,25,28). The molecule has 0 radical (unpaired) electrons. The number of carbonyl (C=O) groups excluding carboxylic acids is 1. The van der Waals surface area contributed by atoms with Crippen molar-refractivity contribution in [2.24, 2.45) is 0 Å². The molecule has 3 rings (SSSR count). The second-order valence-electron chi connectivity index (χ2n) is 7.02. The molecule has 0 saturated carbocycles. The average Bonchev–Trinajstić information content (AvgIpc) is 3.26. The zero-order valence-electron chi connectivity index (χ0n) is 16.7. The Bertz CT molecular complexity index is 1050. The summed E-state index contributed by atoms with van der Waals surface area (Å²) in [7, 11) is 1.75. The van der Waals surface area contributed by atoms with Crippen LogP contribution in [0.1, 0.15) is 28.1 Å². The van der Waals surface area contributed by atoms with Crippen LogP contribution in [-0.2, 0) is 17.9 Å². The molecule has 0 aliphatic rings. The molecular weight excluding hydrogens is 371 g/mol. The van der Waals surface area contributed by atoms with Crippen LogP contribution in [0, 0.1) is 31.0 Å². The molecule has 0 aliphatic carbocycles. The Morgan fingerprint density at radius 1 is 1.28 bits per heavy atom. The number of hydrogen-bond donors (Lipinski definition) is 1. The highest BCUT2D eigenvalue weighted by Crippen LogP contribution is 2.27. The van der Waals surface area contributed by atoms with Crippen molar-refractivity contribution in [3.63, 3.8) is 0 Å². The third-order valence-corrected chi connectivity index (χ3v) is 4.90. The van der Waals surface area contributed by atoms with Gasteiger partial charge in [-0.2, -0.15) is 5.26 Å². The quantitative estimate of drug-likeness (QED) is 0.661. The van der Waals surface area contributed by atoms with Gasteiger partial charge in [-0.1, -0.05) is 18.2 Å². The van der Waals surface area contributed by atoms with Gasteiger partial charge in [-0.3, -0.25) is 9.69 Å². The van der Waals surface area contributed by atoms with Gasteiger partial charge in [-0.15, -0.1) is 0 Å². The Balaban J connectivity index is 1.76. The van der Waals surface area contributed by atoms with Crippen LogP contribution < -0.4 is 5.32 Å². The van der Waals surface area contributed by atoms with Crippen LogP contribution in [0.2, 0.25) is 0 Å². The third kappa shape index (κ3) is 4.55. The fraction of sp³-hybridized carbons (Fsp3) is 0.273. The van der Waals surface area contributed by atoms with Crippen LogP contribution in [0.3, 0.4) is 0 Å². The van der Waals surface area contributed by atoms with Crippen molar-refractivity contribution >= 4 is 11.7 Å². The van der Waals surface area contributed by atoms with E-state index in [1.54, 1.807) is 42.5 Å². The van der Waals surface area contributed by atoms with Gasteiger partial charge in [0, 0.05) is 17.8 Å². The number of halogens is 1. The van der Waals surface area contributed by atoms with E-state index in [2.05, 4.69) is 11.4 Å². The molecule has 1 amide bonds. The Morgan fingerprint density at radius 2 is 2.03 bits per heavy atom. The minimum Gasteiger partial charge on any atom is -0.467 e. The van der Waals surface area contributed by atoms with Gasteiger partial charge in [-0.25, -0.2) is 4.39 Å². The van der Waals surface area contributed by atoms with Crippen LogP contribution in [-0.4, -0.2) is 29.0 Å². The van der Waals surface area contributed by atoms with E-state index >= 15 is 0 Å². The Labute approximate surface area is 169 Å². The number of benzene rings is 1. The molecule has 0 fully saturated rings. The van der Waals surface area contributed by atoms with Gasteiger partial charge in [-0.05, 0) is 44.7 Å². The largest absolute Gasteiger partial charge is 0.467 e. The molecule has 0 aliphatic heterocycles. The van der Waals surface area contributed by atoms with E-state index in [-0.39, 0.29) is 18.3 Å². The second-order valence-corrected chi connectivity index (χ2v) is 7.02. The summed E-state index contributed by atoms with van der Waals surface area (Å²) in [6.45, 7) is 4.52. The number of furan rings is 1. The maximum Gasteiger partial charge on any atom is 0.239 e. The Morgan fingerprint density at radius 3 is 2.69 bits per heavy atom. The van der Waals surface area contributed by atoms with Gasteiger partial charge < -0.3 is 14.3 Å². The number of nitriles is 1. The number of likely N-dealkylation sites (N-methyl/N-ethyl adjacent to an activating group) is 1. The number of amides is 1. The number of hydrogen-bond acceptors (Lipinski definition) is 4. The van der Waals surface area contributed by atoms with E-state index in [0.717, 1.165) is 17.0 Å². The maximum absolute atomic E-state index is 13.8. The fourth-order valence-electron chi connectivity index (χ4n) is 3.28. The van der Waals surface area contributed by atoms with E-state index in [4.69, 9.17) is 4.42 Å². The minimum atomic E-state index is -0.301. The Hall–Kier alpha value is -3.37. The van der Waals surface area contributed by atoms with Crippen LogP contribution in [0.25, 0.3) is 0 Å². The van der Waals surface area contributed by atoms with Crippen molar-refractivity contribution in [2.75, 3.05) is 18.9 Å². The van der Waals surface area contributed by atoms with Gasteiger partial charge in [0.15, 0.2) is 0 Å². The average molecular weight is 394 g/mol. The zero-order valence-corrected chi connectivity index (χ0v) is 16.7. The predicted octanol–water partition coefficient (Wildman–Crippen LogP) is 3.83. The van der Waals surface area contributed by atoms with Gasteiger partial charge in [0.05, 0.1) is 24.9 Å². The van der Waals surface area contributed by atoms with Crippen LogP contribution >= 0.6 is 0 Å². The van der Waals surface area contributed by atoms with E-state index in [0.29, 0.717) is 30.0 Å². The molecule has 0 bridgehead atoms. The number of nitrogens with zero attached hydrogens (tertiary/aromatic N) is 3. The minimum absolute atomic E-state index is 0.0588. The summed E-state index contributed by atoms with van der Waals surface area (Å²) in [6.07, 6.45) is 1.59. The van der Waals surface area contributed by atoms with Crippen LogP contribution in [0.5, 0.6) is 0 Å². The molecular formula is C22H23FN4O2. The summed E-state index contributed by atoms with van der Waals surface area (Å²) >= 11 is 0. The highest BCUT2D eigenvalue weighted by atomic mass is 19.1. The molecule has 1 aromatic carbocycles. The summed E-state index contributed by atoms with van der Waals surface area (Å²) < 4.78 is 21.1. The van der Waals surface area contributed by atoms with Gasteiger partial charge in [0.2, 0.25) is 5.91 Å². The van der Waals surface area contributed by atoms with Gasteiger partial charge >= 0.3 is 0 Å². The molecule has 0 atom stereocenters. The second kappa shape index (κ2) is 8.76. The number of rotatable bonds is 7. The third-order valence-electron chi connectivity index (χ3n) is 4.90. The van der Waals surface area contributed by atoms with Crippen molar-refractivity contribution in [3.8, 4) is 6.07 Å². The fourth-order valence-corrected chi connectivity index (χ4v) is 3.28. The molecule has 6 nitrogen and oxygen atoms in total. The first-order chi connectivity index (χ1) is 13.9. The predicted molar refractivity (Wildman–Crippen MR) is 108 cm³/mol. The number of nitrogens with one attached hydrogen (secondary N) is 1. The molecule has 0 saturated heterocycles. The lowest BCUT2D eigenvalue weighted by atomic mass is 10.2.